The summed E-state index contributed by atoms with van der Waals surface area (Å²) in [5.41, 5.74) is 8.70. The molecule has 1 aromatic heterocycles. The summed E-state index contributed by atoms with van der Waals surface area (Å²) in [6.07, 6.45) is 1.42. The minimum absolute atomic E-state index is 0. The topological polar surface area (TPSA) is 81.2 Å². The Morgan fingerprint density at radius 1 is 1.33 bits per heavy atom. The number of anilines is 1. The number of aryl methyl sites for hydroxylation is 2. The first-order valence-electron chi connectivity index (χ1n) is 6.69. The van der Waals surface area contributed by atoms with Crippen LogP contribution in [0.1, 0.15) is 34.3 Å². The number of nitrogen functional groups attached to an aromatic ring is 1. The summed E-state index contributed by atoms with van der Waals surface area (Å²) in [5, 5.41) is 6.73. The molecule has 0 aliphatic carbocycles. The van der Waals surface area contributed by atoms with Crippen LogP contribution in [0.4, 0.5) is 5.69 Å². The van der Waals surface area contributed by atoms with Gasteiger partial charge in [-0.15, -0.1) is 12.4 Å². The van der Waals surface area contributed by atoms with Gasteiger partial charge in [0.2, 0.25) is 0 Å². The summed E-state index contributed by atoms with van der Waals surface area (Å²) in [6.45, 7) is 4.28. The fourth-order valence-corrected chi connectivity index (χ4v) is 2.04. The highest BCUT2D eigenvalue weighted by Gasteiger charge is 2.18. The molecule has 1 amide bonds. The maximum atomic E-state index is 12.1. The van der Waals surface area contributed by atoms with Gasteiger partial charge in [0, 0.05) is 18.7 Å². The number of rotatable bonds is 5. The number of carbonyl (C=O) groups is 1. The largest absolute Gasteiger partial charge is 0.399 e. The average Bonchev–Trinajstić information content (AvgIpc) is 2.82. The maximum absolute atomic E-state index is 12.1. The summed E-state index contributed by atoms with van der Waals surface area (Å²) in [4.78, 5) is 12.1. The van der Waals surface area contributed by atoms with Crippen LogP contribution in [-0.2, 0) is 12.8 Å². The zero-order chi connectivity index (χ0) is 14.5. The SMILES string of the molecule is CCc1onc(C)c1C(=O)NCCc1ccc(N)cc1.Cl. The van der Waals surface area contributed by atoms with E-state index in [1.54, 1.807) is 6.92 Å². The van der Waals surface area contributed by atoms with E-state index >= 15 is 0 Å². The number of nitrogens with zero attached hydrogens (tertiary/aromatic N) is 1. The van der Waals surface area contributed by atoms with Gasteiger partial charge in [0.05, 0.1) is 5.69 Å². The molecule has 0 saturated carbocycles. The van der Waals surface area contributed by atoms with Gasteiger partial charge in [0.1, 0.15) is 11.3 Å². The molecule has 114 valence electrons. The fourth-order valence-electron chi connectivity index (χ4n) is 2.04. The number of carbonyl (C=O) groups excluding carboxylic acids is 1. The molecule has 2 rings (SSSR count). The first kappa shape index (κ1) is 17.0. The molecule has 0 unspecified atom stereocenters. The van der Waals surface area contributed by atoms with E-state index in [1.807, 2.05) is 31.2 Å². The van der Waals surface area contributed by atoms with Gasteiger partial charge in [0.15, 0.2) is 0 Å². The zero-order valence-corrected chi connectivity index (χ0v) is 13.0. The van der Waals surface area contributed by atoms with Gasteiger partial charge >= 0.3 is 0 Å². The molecule has 0 saturated heterocycles. The number of amides is 1. The molecule has 2 aromatic rings. The quantitative estimate of drug-likeness (QED) is 0.832. The molecule has 0 aliphatic heterocycles. The third-order valence-corrected chi connectivity index (χ3v) is 3.16. The Balaban J connectivity index is 0.00000220. The van der Waals surface area contributed by atoms with Crippen LogP contribution in [-0.4, -0.2) is 17.6 Å². The number of nitrogens with two attached hydrogens (primary N) is 1. The normalized spacial score (nSPS) is 10.0. The lowest BCUT2D eigenvalue weighted by Crippen LogP contribution is -2.26. The first-order chi connectivity index (χ1) is 9.61. The van der Waals surface area contributed by atoms with Crippen LogP contribution in [0.2, 0.25) is 0 Å². The molecule has 1 heterocycles. The lowest BCUT2D eigenvalue weighted by Gasteiger charge is -2.05. The third kappa shape index (κ3) is 4.23. The van der Waals surface area contributed by atoms with Crippen LogP contribution < -0.4 is 11.1 Å². The van der Waals surface area contributed by atoms with Crippen molar-refractivity contribution in [2.24, 2.45) is 0 Å². The van der Waals surface area contributed by atoms with Crippen LogP contribution in [0.25, 0.3) is 0 Å². The molecule has 1 aromatic carbocycles. The Labute approximate surface area is 130 Å². The molecule has 0 atom stereocenters. The Kier molecular flexibility index (Phi) is 6.24. The van der Waals surface area contributed by atoms with E-state index in [2.05, 4.69) is 10.5 Å². The third-order valence-electron chi connectivity index (χ3n) is 3.16. The molecule has 0 fully saturated rings. The minimum Gasteiger partial charge on any atom is -0.399 e. The molecule has 21 heavy (non-hydrogen) atoms. The van der Waals surface area contributed by atoms with E-state index in [0.29, 0.717) is 30.0 Å². The Morgan fingerprint density at radius 3 is 2.62 bits per heavy atom. The number of nitrogens with one attached hydrogen (secondary N) is 1. The highest BCUT2D eigenvalue weighted by Crippen LogP contribution is 2.14. The van der Waals surface area contributed by atoms with Crippen molar-refractivity contribution in [1.82, 2.24) is 10.5 Å². The van der Waals surface area contributed by atoms with E-state index in [4.69, 9.17) is 10.3 Å². The molecule has 3 N–H and O–H groups in total. The van der Waals surface area contributed by atoms with E-state index in [0.717, 1.165) is 17.7 Å². The minimum atomic E-state index is -0.129. The highest BCUT2D eigenvalue weighted by atomic mass is 35.5. The van der Waals surface area contributed by atoms with Crippen molar-refractivity contribution in [1.29, 1.82) is 0 Å². The van der Waals surface area contributed by atoms with E-state index in [9.17, 15) is 4.79 Å². The highest BCUT2D eigenvalue weighted by molar-refractivity contribution is 5.96. The summed E-state index contributed by atoms with van der Waals surface area (Å²) in [7, 11) is 0. The van der Waals surface area contributed by atoms with Gasteiger partial charge in [0.25, 0.3) is 5.91 Å². The average molecular weight is 310 g/mol. The van der Waals surface area contributed by atoms with E-state index in [-0.39, 0.29) is 18.3 Å². The summed E-state index contributed by atoms with van der Waals surface area (Å²) in [5.74, 6) is 0.503. The lowest BCUT2D eigenvalue weighted by atomic mass is 10.1. The fraction of sp³-hybridized carbons (Fsp3) is 0.333. The van der Waals surface area contributed by atoms with E-state index < -0.39 is 0 Å². The standard InChI is InChI=1S/C15H19N3O2.ClH/c1-3-13-14(10(2)18-20-13)15(19)17-9-8-11-4-6-12(16)7-5-11;/h4-7H,3,8-9,16H2,1-2H3,(H,17,19);1H. The van der Waals surface area contributed by atoms with Crippen LogP contribution in [0.3, 0.4) is 0 Å². The number of hydrogen-bond donors (Lipinski definition) is 2. The first-order valence-corrected chi connectivity index (χ1v) is 6.69. The predicted octanol–water partition coefficient (Wildman–Crippen LogP) is 2.52. The number of benzene rings is 1. The van der Waals surface area contributed by atoms with Crippen LogP contribution in [0, 0.1) is 6.92 Å². The van der Waals surface area contributed by atoms with Crippen molar-refractivity contribution >= 4 is 24.0 Å². The Bertz CT molecular complexity index is 593. The molecule has 0 aliphatic rings. The second-order valence-corrected chi connectivity index (χ2v) is 4.67. The molecular formula is C15H20ClN3O2. The summed E-state index contributed by atoms with van der Waals surface area (Å²) >= 11 is 0. The van der Waals surface area contributed by atoms with Gasteiger partial charge in [-0.2, -0.15) is 0 Å². The van der Waals surface area contributed by atoms with Crippen LogP contribution in [0.5, 0.6) is 0 Å². The Hall–Kier alpha value is -2.01. The molecule has 0 bridgehead atoms. The van der Waals surface area contributed by atoms with Crippen LogP contribution >= 0.6 is 12.4 Å². The predicted molar refractivity (Wildman–Crippen MR) is 84.8 cm³/mol. The monoisotopic (exact) mass is 309 g/mol. The molecule has 5 nitrogen and oxygen atoms in total. The molecule has 0 spiro atoms. The Morgan fingerprint density at radius 2 is 2.00 bits per heavy atom. The smallest absolute Gasteiger partial charge is 0.256 e. The number of halogens is 1. The van der Waals surface area contributed by atoms with Crippen molar-refractivity contribution in [3.05, 3.63) is 46.8 Å². The molecule has 6 heteroatoms. The van der Waals surface area contributed by atoms with Crippen LogP contribution in [0.15, 0.2) is 28.8 Å². The maximum Gasteiger partial charge on any atom is 0.256 e. The van der Waals surface area contributed by atoms with Crippen molar-refractivity contribution in [3.8, 4) is 0 Å². The number of hydrogen-bond acceptors (Lipinski definition) is 4. The number of aromatic nitrogens is 1. The summed E-state index contributed by atoms with van der Waals surface area (Å²) in [6, 6.07) is 7.64. The molecule has 0 radical (unpaired) electrons. The van der Waals surface area contributed by atoms with Crippen molar-refractivity contribution in [3.63, 3.8) is 0 Å². The van der Waals surface area contributed by atoms with Crippen molar-refractivity contribution in [2.75, 3.05) is 12.3 Å². The van der Waals surface area contributed by atoms with Crippen molar-refractivity contribution < 1.29 is 9.32 Å². The lowest BCUT2D eigenvalue weighted by molar-refractivity contribution is 0.0951. The zero-order valence-electron chi connectivity index (χ0n) is 12.2. The van der Waals surface area contributed by atoms with Gasteiger partial charge in [-0.25, -0.2) is 0 Å². The van der Waals surface area contributed by atoms with Gasteiger partial charge in [-0.1, -0.05) is 24.2 Å². The molecular weight excluding hydrogens is 290 g/mol. The van der Waals surface area contributed by atoms with Gasteiger partial charge < -0.3 is 15.6 Å². The second kappa shape index (κ2) is 7.69. The van der Waals surface area contributed by atoms with Gasteiger partial charge in [-0.05, 0) is 31.0 Å². The van der Waals surface area contributed by atoms with Gasteiger partial charge in [-0.3, -0.25) is 4.79 Å². The van der Waals surface area contributed by atoms with E-state index in [1.165, 1.54) is 0 Å². The van der Waals surface area contributed by atoms with Crippen molar-refractivity contribution in [2.45, 2.75) is 26.7 Å². The second-order valence-electron chi connectivity index (χ2n) is 4.67. The summed E-state index contributed by atoms with van der Waals surface area (Å²) < 4.78 is 5.12.